The number of carbonyl (C=O) groups excluding carboxylic acids is 2. The second kappa shape index (κ2) is 7.22. The van der Waals surface area contributed by atoms with Crippen molar-refractivity contribution in [1.82, 2.24) is 14.7 Å². The predicted molar refractivity (Wildman–Crippen MR) is 81.6 cm³/mol. The fraction of sp³-hybridized carbons (Fsp3) is 0.867. The standard InChI is InChI=1S/C15H28N4O2/c1-12(2)15(21)19-9-7-18(8-10-19)14(20)11-17-5-3-13(16)4-6-17/h12-13H,3-11,16H2,1-2H3. The molecule has 21 heavy (non-hydrogen) atoms. The molecule has 2 saturated heterocycles. The summed E-state index contributed by atoms with van der Waals surface area (Å²) in [4.78, 5) is 30.2. The molecule has 2 aliphatic rings. The van der Waals surface area contributed by atoms with Crippen molar-refractivity contribution >= 4 is 11.8 Å². The minimum absolute atomic E-state index is 0.0322. The van der Waals surface area contributed by atoms with Gasteiger partial charge in [0.2, 0.25) is 11.8 Å². The van der Waals surface area contributed by atoms with Crippen LogP contribution < -0.4 is 5.73 Å². The molecule has 0 atom stereocenters. The summed E-state index contributed by atoms with van der Waals surface area (Å²) in [6, 6.07) is 0.293. The van der Waals surface area contributed by atoms with Crippen molar-refractivity contribution in [2.75, 3.05) is 45.8 Å². The molecule has 6 heteroatoms. The van der Waals surface area contributed by atoms with Crippen LogP contribution in [0.5, 0.6) is 0 Å². The Hall–Kier alpha value is -1.14. The first-order valence-electron chi connectivity index (χ1n) is 8.02. The molecule has 0 spiro atoms. The lowest BCUT2D eigenvalue weighted by molar-refractivity contribution is -0.142. The van der Waals surface area contributed by atoms with Gasteiger partial charge in [0.15, 0.2) is 0 Å². The van der Waals surface area contributed by atoms with Crippen molar-refractivity contribution in [3.8, 4) is 0 Å². The van der Waals surface area contributed by atoms with Gasteiger partial charge in [0.1, 0.15) is 0 Å². The second-order valence-corrected chi connectivity index (χ2v) is 6.47. The number of hydrogen-bond donors (Lipinski definition) is 1. The molecule has 0 aromatic rings. The number of nitrogens with zero attached hydrogens (tertiary/aromatic N) is 3. The molecule has 6 nitrogen and oxygen atoms in total. The molecular formula is C15H28N4O2. The molecule has 2 fully saturated rings. The van der Waals surface area contributed by atoms with Crippen LogP contribution in [0.4, 0.5) is 0 Å². The van der Waals surface area contributed by atoms with E-state index < -0.39 is 0 Å². The third kappa shape index (κ3) is 4.41. The Morgan fingerprint density at radius 1 is 1.00 bits per heavy atom. The van der Waals surface area contributed by atoms with Gasteiger partial charge in [-0.2, -0.15) is 0 Å². The van der Waals surface area contributed by atoms with E-state index in [0.717, 1.165) is 25.9 Å². The summed E-state index contributed by atoms with van der Waals surface area (Å²) in [6.45, 7) is 8.79. The van der Waals surface area contributed by atoms with E-state index in [-0.39, 0.29) is 17.7 Å². The van der Waals surface area contributed by atoms with E-state index in [9.17, 15) is 9.59 Å². The van der Waals surface area contributed by atoms with E-state index in [0.29, 0.717) is 38.8 Å². The number of amides is 2. The third-order valence-electron chi connectivity index (χ3n) is 4.43. The van der Waals surface area contributed by atoms with Gasteiger partial charge in [0, 0.05) is 51.2 Å². The smallest absolute Gasteiger partial charge is 0.236 e. The molecule has 0 saturated carbocycles. The molecule has 0 radical (unpaired) electrons. The molecule has 2 amide bonds. The zero-order valence-electron chi connectivity index (χ0n) is 13.3. The van der Waals surface area contributed by atoms with Gasteiger partial charge in [-0.05, 0) is 12.8 Å². The van der Waals surface area contributed by atoms with Gasteiger partial charge in [-0.25, -0.2) is 0 Å². The van der Waals surface area contributed by atoms with Crippen molar-refractivity contribution in [2.45, 2.75) is 32.7 Å². The normalized spacial score (nSPS) is 21.9. The van der Waals surface area contributed by atoms with Crippen molar-refractivity contribution in [2.24, 2.45) is 11.7 Å². The highest BCUT2D eigenvalue weighted by atomic mass is 16.2. The number of hydrogen-bond acceptors (Lipinski definition) is 4. The maximum Gasteiger partial charge on any atom is 0.236 e. The largest absolute Gasteiger partial charge is 0.339 e. The molecule has 0 aliphatic carbocycles. The van der Waals surface area contributed by atoms with E-state index in [1.54, 1.807) is 0 Å². The van der Waals surface area contributed by atoms with Crippen molar-refractivity contribution in [3.63, 3.8) is 0 Å². The first-order valence-corrected chi connectivity index (χ1v) is 8.02. The second-order valence-electron chi connectivity index (χ2n) is 6.47. The highest BCUT2D eigenvalue weighted by molar-refractivity contribution is 5.80. The van der Waals surface area contributed by atoms with Crippen molar-refractivity contribution in [1.29, 1.82) is 0 Å². The number of piperidine rings is 1. The highest BCUT2D eigenvalue weighted by Gasteiger charge is 2.27. The van der Waals surface area contributed by atoms with Crippen molar-refractivity contribution in [3.05, 3.63) is 0 Å². The molecule has 0 aromatic carbocycles. The van der Waals surface area contributed by atoms with Gasteiger partial charge < -0.3 is 15.5 Å². The van der Waals surface area contributed by atoms with Crippen LogP contribution in [0.15, 0.2) is 0 Å². The number of rotatable bonds is 3. The Balaban J connectivity index is 1.74. The van der Waals surface area contributed by atoms with Crippen LogP contribution >= 0.6 is 0 Å². The van der Waals surface area contributed by atoms with Crippen LogP contribution in [-0.2, 0) is 9.59 Å². The van der Waals surface area contributed by atoms with Gasteiger partial charge in [0.05, 0.1) is 6.54 Å². The van der Waals surface area contributed by atoms with E-state index >= 15 is 0 Å². The van der Waals surface area contributed by atoms with E-state index in [1.807, 2.05) is 23.6 Å². The number of likely N-dealkylation sites (tertiary alicyclic amines) is 1. The molecule has 0 aromatic heterocycles. The molecule has 2 rings (SSSR count). The lowest BCUT2D eigenvalue weighted by Crippen LogP contribution is -2.54. The number of piperazine rings is 1. The SMILES string of the molecule is CC(C)C(=O)N1CCN(C(=O)CN2CCC(N)CC2)CC1. The van der Waals surface area contributed by atoms with Crippen LogP contribution in [0.25, 0.3) is 0 Å². The monoisotopic (exact) mass is 296 g/mol. The zero-order chi connectivity index (χ0) is 15.4. The summed E-state index contributed by atoms with van der Waals surface area (Å²) in [5.41, 5.74) is 5.88. The summed E-state index contributed by atoms with van der Waals surface area (Å²) in [7, 11) is 0. The molecule has 2 heterocycles. The zero-order valence-corrected chi connectivity index (χ0v) is 13.3. The summed E-state index contributed by atoms with van der Waals surface area (Å²) in [5, 5.41) is 0. The molecule has 2 N–H and O–H groups in total. The first-order chi connectivity index (χ1) is 9.97. The lowest BCUT2D eigenvalue weighted by Gasteiger charge is -2.37. The molecular weight excluding hydrogens is 268 g/mol. The molecule has 120 valence electrons. The topological polar surface area (TPSA) is 69.9 Å². The van der Waals surface area contributed by atoms with Crippen LogP contribution in [0, 0.1) is 5.92 Å². The van der Waals surface area contributed by atoms with Crippen LogP contribution in [-0.4, -0.2) is 78.4 Å². The fourth-order valence-electron chi connectivity index (χ4n) is 2.94. The van der Waals surface area contributed by atoms with E-state index in [4.69, 9.17) is 5.73 Å². The third-order valence-corrected chi connectivity index (χ3v) is 4.43. The summed E-state index contributed by atoms with van der Waals surface area (Å²) >= 11 is 0. The maximum atomic E-state index is 12.3. The van der Waals surface area contributed by atoms with Crippen molar-refractivity contribution < 1.29 is 9.59 Å². The fourth-order valence-corrected chi connectivity index (χ4v) is 2.94. The molecule has 0 unspecified atom stereocenters. The molecule has 0 bridgehead atoms. The predicted octanol–water partition coefficient (Wildman–Crippen LogP) is -0.264. The Bertz CT molecular complexity index is 370. The van der Waals surface area contributed by atoms with Gasteiger partial charge >= 0.3 is 0 Å². The van der Waals surface area contributed by atoms with Gasteiger partial charge in [-0.3, -0.25) is 14.5 Å². The maximum absolute atomic E-state index is 12.3. The summed E-state index contributed by atoms with van der Waals surface area (Å²) < 4.78 is 0. The minimum Gasteiger partial charge on any atom is -0.339 e. The van der Waals surface area contributed by atoms with E-state index in [1.165, 1.54) is 0 Å². The minimum atomic E-state index is 0.0322. The van der Waals surface area contributed by atoms with Gasteiger partial charge in [-0.1, -0.05) is 13.8 Å². The Morgan fingerprint density at radius 2 is 1.52 bits per heavy atom. The lowest BCUT2D eigenvalue weighted by atomic mass is 10.1. The summed E-state index contributed by atoms with van der Waals surface area (Å²) in [6.07, 6.45) is 1.95. The summed E-state index contributed by atoms with van der Waals surface area (Å²) in [5.74, 6) is 0.402. The average Bonchev–Trinajstić information content (AvgIpc) is 2.49. The van der Waals surface area contributed by atoms with Gasteiger partial charge in [0.25, 0.3) is 0 Å². The number of nitrogens with two attached hydrogens (primary N) is 1. The van der Waals surface area contributed by atoms with E-state index in [2.05, 4.69) is 4.90 Å². The van der Waals surface area contributed by atoms with Crippen LogP contribution in [0.2, 0.25) is 0 Å². The number of carbonyl (C=O) groups is 2. The molecule has 2 aliphatic heterocycles. The Kier molecular flexibility index (Phi) is 5.58. The van der Waals surface area contributed by atoms with Crippen LogP contribution in [0.3, 0.4) is 0 Å². The highest BCUT2D eigenvalue weighted by Crippen LogP contribution is 2.10. The quantitative estimate of drug-likeness (QED) is 0.779. The Labute approximate surface area is 127 Å². The van der Waals surface area contributed by atoms with Gasteiger partial charge in [-0.15, -0.1) is 0 Å². The Morgan fingerprint density at radius 3 is 2.05 bits per heavy atom. The average molecular weight is 296 g/mol. The first kappa shape index (κ1) is 16.2. The van der Waals surface area contributed by atoms with Crippen LogP contribution in [0.1, 0.15) is 26.7 Å².